The standard InChI is InChI=1S/C24H29FN4O3/c1-27-13-10-21(26-32)20-9-16-29(22(20)24(27)31)12-2-11-28-14-7-18(8-15-28)23(30)17-3-5-19(25)6-4-17/h3-6,9,16,18,32H,2,7-8,10-15H2,1H3/b26-21+. The van der Waals surface area contributed by atoms with Gasteiger partial charge in [0.05, 0.1) is 5.71 Å². The SMILES string of the molecule is CN1CC/C(=N\O)c2ccn(CCCN3CCC(C(=O)c4ccc(F)cc4)CC3)c2C1=O. The van der Waals surface area contributed by atoms with Crippen LogP contribution in [0.15, 0.2) is 41.7 Å². The van der Waals surface area contributed by atoms with Crippen molar-refractivity contribution in [2.75, 3.05) is 33.2 Å². The van der Waals surface area contributed by atoms with Crippen molar-refractivity contribution in [2.45, 2.75) is 32.2 Å². The summed E-state index contributed by atoms with van der Waals surface area (Å²) in [4.78, 5) is 29.5. The number of carbonyl (C=O) groups excluding carboxylic acids is 2. The highest BCUT2D eigenvalue weighted by molar-refractivity contribution is 6.11. The van der Waals surface area contributed by atoms with Gasteiger partial charge < -0.3 is 19.6 Å². The molecule has 2 aliphatic rings. The van der Waals surface area contributed by atoms with Gasteiger partial charge in [0, 0.05) is 49.8 Å². The molecule has 8 heteroatoms. The predicted molar refractivity (Wildman–Crippen MR) is 119 cm³/mol. The number of likely N-dealkylation sites (tertiary alicyclic amines) is 1. The Morgan fingerprint density at radius 1 is 1.12 bits per heavy atom. The molecule has 0 saturated carbocycles. The fourth-order valence-corrected chi connectivity index (χ4v) is 4.66. The maximum absolute atomic E-state index is 13.1. The van der Waals surface area contributed by atoms with E-state index in [0.717, 1.165) is 38.9 Å². The number of nitrogens with zero attached hydrogens (tertiary/aromatic N) is 4. The van der Waals surface area contributed by atoms with Crippen LogP contribution in [0, 0.1) is 11.7 Å². The topological polar surface area (TPSA) is 78.1 Å². The molecule has 170 valence electrons. The molecule has 0 spiro atoms. The lowest BCUT2D eigenvalue weighted by atomic mass is 9.89. The summed E-state index contributed by atoms with van der Waals surface area (Å²) in [6, 6.07) is 7.66. The third-order valence-corrected chi connectivity index (χ3v) is 6.59. The summed E-state index contributed by atoms with van der Waals surface area (Å²) < 4.78 is 15.1. The van der Waals surface area contributed by atoms with Gasteiger partial charge in [0.1, 0.15) is 11.5 Å². The lowest BCUT2D eigenvalue weighted by molar-refractivity contribution is 0.0790. The molecule has 32 heavy (non-hydrogen) atoms. The number of oxime groups is 1. The van der Waals surface area contributed by atoms with Crippen LogP contribution in [0.3, 0.4) is 0 Å². The molecule has 7 nitrogen and oxygen atoms in total. The van der Waals surface area contributed by atoms with Crippen LogP contribution in [0.4, 0.5) is 4.39 Å². The maximum Gasteiger partial charge on any atom is 0.270 e. The van der Waals surface area contributed by atoms with E-state index in [1.165, 1.54) is 12.1 Å². The molecule has 1 amide bonds. The number of benzene rings is 1. The van der Waals surface area contributed by atoms with Gasteiger partial charge in [0.2, 0.25) is 0 Å². The Balaban J connectivity index is 1.30. The second-order valence-electron chi connectivity index (χ2n) is 8.64. The first-order valence-electron chi connectivity index (χ1n) is 11.2. The van der Waals surface area contributed by atoms with Gasteiger partial charge >= 0.3 is 0 Å². The summed E-state index contributed by atoms with van der Waals surface area (Å²) in [6.45, 7) is 3.81. The van der Waals surface area contributed by atoms with E-state index in [4.69, 9.17) is 0 Å². The van der Waals surface area contributed by atoms with Crippen LogP contribution in [-0.4, -0.2) is 70.2 Å². The Labute approximate surface area is 187 Å². The van der Waals surface area contributed by atoms with Crippen LogP contribution in [-0.2, 0) is 6.54 Å². The lowest BCUT2D eigenvalue weighted by Crippen LogP contribution is -2.37. The fraction of sp³-hybridized carbons (Fsp3) is 0.458. The minimum atomic E-state index is -0.329. The Morgan fingerprint density at radius 2 is 1.84 bits per heavy atom. The van der Waals surface area contributed by atoms with Crippen molar-refractivity contribution in [3.63, 3.8) is 0 Å². The summed E-state index contributed by atoms with van der Waals surface area (Å²) in [5, 5.41) is 12.7. The van der Waals surface area contributed by atoms with Crippen molar-refractivity contribution in [3.8, 4) is 0 Å². The van der Waals surface area contributed by atoms with Crippen molar-refractivity contribution in [1.82, 2.24) is 14.4 Å². The number of carbonyl (C=O) groups is 2. The average Bonchev–Trinajstić information content (AvgIpc) is 3.18. The van der Waals surface area contributed by atoms with Gasteiger partial charge in [-0.2, -0.15) is 0 Å². The molecule has 1 fully saturated rings. The molecule has 1 saturated heterocycles. The molecule has 2 aliphatic heterocycles. The normalized spacial score (nSPS) is 19.2. The van der Waals surface area contributed by atoms with Gasteiger partial charge in [-0.15, -0.1) is 0 Å². The average molecular weight is 441 g/mol. The molecular formula is C24H29FN4O3. The van der Waals surface area contributed by atoms with E-state index in [9.17, 15) is 19.2 Å². The quantitative estimate of drug-likeness (QED) is 0.425. The fourth-order valence-electron chi connectivity index (χ4n) is 4.66. The van der Waals surface area contributed by atoms with E-state index in [1.54, 1.807) is 24.1 Å². The van der Waals surface area contributed by atoms with Crippen LogP contribution in [0.1, 0.15) is 52.1 Å². The van der Waals surface area contributed by atoms with Crippen molar-refractivity contribution in [1.29, 1.82) is 0 Å². The van der Waals surface area contributed by atoms with Crippen LogP contribution < -0.4 is 0 Å². The Morgan fingerprint density at radius 3 is 2.53 bits per heavy atom. The lowest BCUT2D eigenvalue weighted by Gasteiger charge is -2.31. The molecule has 0 aliphatic carbocycles. The number of aromatic nitrogens is 1. The highest BCUT2D eigenvalue weighted by Gasteiger charge is 2.28. The molecule has 4 rings (SSSR count). The van der Waals surface area contributed by atoms with Crippen molar-refractivity contribution in [3.05, 3.63) is 59.2 Å². The molecular weight excluding hydrogens is 411 g/mol. The molecule has 0 unspecified atom stereocenters. The molecule has 1 aromatic carbocycles. The molecule has 0 bridgehead atoms. The molecule has 3 heterocycles. The van der Waals surface area contributed by atoms with Crippen molar-refractivity contribution < 1.29 is 19.2 Å². The summed E-state index contributed by atoms with van der Waals surface area (Å²) in [5.74, 6) is -0.294. The second-order valence-corrected chi connectivity index (χ2v) is 8.64. The number of halogens is 1. The van der Waals surface area contributed by atoms with Gasteiger partial charge in [0.15, 0.2) is 5.78 Å². The van der Waals surface area contributed by atoms with Crippen LogP contribution in [0.2, 0.25) is 0 Å². The van der Waals surface area contributed by atoms with Gasteiger partial charge in [-0.25, -0.2) is 4.39 Å². The van der Waals surface area contributed by atoms with Gasteiger partial charge in [-0.05, 0) is 69.2 Å². The number of aryl methyl sites for hydroxylation is 1. The molecule has 1 aromatic heterocycles. The zero-order chi connectivity index (χ0) is 22.7. The van der Waals surface area contributed by atoms with Gasteiger partial charge in [-0.1, -0.05) is 5.16 Å². The molecule has 0 radical (unpaired) electrons. The van der Waals surface area contributed by atoms with Gasteiger partial charge in [-0.3, -0.25) is 9.59 Å². The van der Waals surface area contributed by atoms with Crippen molar-refractivity contribution in [2.24, 2.45) is 11.1 Å². The summed E-state index contributed by atoms with van der Waals surface area (Å²) in [7, 11) is 1.77. The molecule has 0 atom stereocenters. The number of fused-ring (bicyclic) bond motifs is 1. The monoisotopic (exact) mass is 440 g/mol. The van der Waals surface area contributed by atoms with E-state index in [2.05, 4.69) is 10.1 Å². The predicted octanol–water partition coefficient (Wildman–Crippen LogP) is 3.27. The van der Waals surface area contributed by atoms with E-state index in [1.807, 2.05) is 16.8 Å². The Bertz CT molecular complexity index is 1010. The maximum atomic E-state index is 13.1. The van der Waals surface area contributed by atoms with E-state index < -0.39 is 0 Å². The largest absolute Gasteiger partial charge is 0.411 e. The summed E-state index contributed by atoms with van der Waals surface area (Å²) in [6.07, 6.45) is 4.89. The third kappa shape index (κ3) is 4.60. The third-order valence-electron chi connectivity index (χ3n) is 6.59. The molecule has 2 aromatic rings. The number of hydrogen-bond donors (Lipinski definition) is 1. The molecule has 1 N–H and O–H groups in total. The van der Waals surface area contributed by atoms with Gasteiger partial charge in [0.25, 0.3) is 5.91 Å². The number of hydrogen-bond acceptors (Lipinski definition) is 5. The highest BCUT2D eigenvalue weighted by atomic mass is 19.1. The number of ketones is 1. The van der Waals surface area contributed by atoms with E-state index in [-0.39, 0.29) is 23.4 Å². The zero-order valence-corrected chi connectivity index (χ0v) is 18.3. The van der Waals surface area contributed by atoms with Crippen LogP contribution >= 0.6 is 0 Å². The first-order chi connectivity index (χ1) is 15.5. The van der Waals surface area contributed by atoms with E-state index >= 15 is 0 Å². The second kappa shape index (κ2) is 9.65. The van der Waals surface area contributed by atoms with Crippen LogP contribution in [0.5, 0.6) is 0 Å². The smallest absolute Gasteiger partial charge is 0.270 e. The minimum Gasteiger partial charge on any atom is -0.411 e. The summed E-state index contributed by atoms with van der Waals surface area (Å²) in [5.41, 5.74) is 2.42. The Kier molecular flexibility index (Phi) is 6.69. The first kappa shape index (κ1) is 22.2. The zero-order valence-electron chi connectivity index (χ0n) is 18.3. The highest BCUT2D eigenvalue weighted by Crippen LogP contribution is 2.23. The number of rotatable bonds is 6. The van der Waals surface area contributed by atoms with Crippen molar-refractivity contribution >= 4 is 17.4 Å². The first-order valence-corrected chi connectivity index (χ1v) is 11.2. The number of piperidine rings is 1. The minimum absolute atomic E-state index is 0.0127. The van der Waals surface area contributed by atoms with E-state index in [0.29, 0.717) is 42.0 Å². The summed E-state index contributed by atoms with van der Waals surface area (Å²) >= 11 is 0. The number of amides is 1. The number of Topliss-reactive ketones (excluding diaryl/α,β-unsaturated/α-hetero) is 1. The van der Waals surface area contributed by atoms with Crippen LogP contribution in [0.25, 0.3) is 0 Å². The Hall–Kier alpha value is -3.00.